The predicted octanol–water partition coefficient (Wildman–Crippen LogP) is 4.56. The largest absolute Gasteiger partial charge is 0.474 e. The Bertz CT molecular complexity index is 1340. The molecule has 0 radical (unpaired) electrons. The van der Waals surface area contributed by atoms with E-state index in [0.717, 1.165) is 11.8 Å². The summed E-state index contributed by atoms with van der Waals surface area (Å²) >= 11 is 18.3. The highest BCUT2D eigenvalue weighted by atomic mass is 35.5. The minimum absolute atomic E-state index is 0.104. The van der Waals surface area contributed by atoms with Crippen LogP contribution in [0.25, 0.3) is 0 Å². The summed E-state index contributed by atoms with van der Waals surface area (Å²) in [6.07, 6.45) is 4.65. The average Bonchev–Trinajstić information content (AvgIpc) is 3.27. The normalized spacial score (nSPS) is 18.9. The maximum atomic E-state index is 13.3. The van der Waals surface area contributed by atoms with Gasteiger partial charge in [0.1, 0.15) is 6.10 Å². The van der Waals surface area contributed by atoms with Gasteiger partial charge in [0.05, 0.1) is 20.6 Å². The van der Waals surface area contributed by atoms with Crippen molar-refractivity contribution in [3.63, 3.8) is 0 Å². The summed E-state index contributed by atoms with van der Waals surface area (Å²) < 4.78 is 29.4. The third-order valence-corrected chi connectivity index (χ3v) is 7.68. The van der Waals surface area contributed by atoms with Crippen molar-refractivity contribution in [1.82, 2.24) is 19.9 Å². The van der Waals surface area contributed by atoms with Crippen LogP contribution in [0.15, 0.2) is 54.1 Å². The number of carbonyl (C=O) groups is 1. The van der Waals surface area contributed by atoms with Gasteiger partial charge in [0, 0.05) is 55.8 Å². The number of likely N-dealkylation sites (tertiary alicyclic amines) is 1. The summed E-state index contributed by atoms with van der Waals surface area (Å²) in [5.74, 6) is -0.101. The number of carbonyl (C=O) groups excluding carboxylic acids is 1. The van der Waals surface area contributed by atoms with Crippen LogP contribution in [0.1, 0.15) is 28.8 Å². The zero-order valence-corrected chi connectivity index (χ0v) is 21.8. The van der Waals surface area contributed by atoms with Gasteiger partial charge in [0.2, 0.25) is 20.9 Å². The van der Waals surface area contributed by atoms with E-state index >= 15 is 0 Å². The lowest BCUT2D eigenvalue weighted by Gasteiger charge is -2.25. The molecule has 0 spiro atoms. The van der Waals surface area contributed by atoms with E-state index in [0.29, 0.717) is 34.0 Å². The topological polar surface area (TPSA) is 102 Å². The van der Waals surface area contributed by atoms with Gasteiger partial charge in [-0.25, -0.2) is 23.4 Å². The molecule has 4 rings (SSSR count). The van der Waals surface area contributed by atoms with Crippen molar-refractivity contribution in [2.75, 3.05) is 19.3 Å². The zero-order valence-electron chi connectivity index (χ0n) is 18.7. The quantitative estimate of drug-likeness (QED) is 0.411. The van der Waals surface area contributed by atoms with Crippen molar-refractivity contribution in [2.45, 2.75) is 24.1 Å². The van der Waals surface area contributed by atoms with Crippen molar-refractivity contribution in [2.24, 2.45) is 5.92 Å². The smallest absolute Gasteiger partial charge is 0.257 e. The van der Waals surface area contributed by atoms with Crippen molar-refractivity contribution >= 4 is 50.5 Å². The molecular weight excluding hydrogens is 535 g/mol. The average molecular weight is 556 g/mol. The highest BCUT2D eigenvalue weighted by Gasteiger charge is 2.40. The SMILES string of the molecule is C[C@@H](Oc1ccc(Cl)cn1)C1CN(C(=O)c2cnc(S(C)(=O)=O)nc2)C[C@H]1c1ccc(Cl)c(Cl)c1. The van der Waals surface area contributed by atoms with Gasteiger partial charge in [-0.1, -0.05) is 40.9 Å². The van der Waals surface area contributed by atoms with Crippen LogP contribution < -0.4 is 4.74 Å². The first-order valence-electron chi connectivity index (χ1n) is 10.6. The highest BCUT2D eigenvalue weighted by molar-refractivity contribution is 7.90. The van der Waals surface area contributed by atoms with Crippen molar-refractivity contribution in [3.05, 3.63) is 75.1 Å². The molecule has 0 saturated carbocycles. The molecule has 1 fully saturated rings. The van der Waals surface area contributed by atoms with Crippen molar-refractivity contribution in [3.8, 4) is 5.88 Å². The van der Waals surface area contributed by atoms with Crippen LogP contribution in [0.5, 0.6) is 5.88 Å². The Morgan fingerprint density at radius 2 is 1.74 bits per heavy atom. The molecule has 35 heavy (non-hydrogen) atoms. The van der Waals surface area contributed by atoms with Gasteiger partial charge in [-0.3, -0.25) is 4.79 Å². The third kappa shape index (κ3) is 5.86. The van der Waals surface area contributed by atoms with Gasteiger partial charge in [-0.15, -0.1) is 0 Å². The van der Waals surface area contributed by atoms with Gasteiger partial charge in [-0.2, -0.15) is 0 Å². The molecule has 3 heterocycles. The summed E-state index contributed by atoms with van der Waals surface area (Å²) in [6.45, 7) is 2.69. The van der Waals surface area contributed by atoms with Crippen LogP contribution in [0.4, 0.5) is 0 Å². The van der Waals surface area contributed by atoms with Crippen LogP contribution in [0.3, 0.4) is 0 Å². The molecule has 184 valence electrons. The van der Waals surface area contributed by atoms with E-state index in [-0.39, 0.29) is 34.6 Å². The lowest BCUT2D eigenvalue weighted by atomic mass is 9.86. The number of amides is 1. The van der Waals surface area contributed by atoms with E-state index in [4.69, 9.17) is 39.5 Å². The number of hydrogen-bond acceptors (Lipinski definition) is 7. The molecule has 1 aliphatic rings. The molecule has 3 aromatic rings. The van der Waals surface area contributed by atoms with Gasteiger partial charge in [-0.05, 0) is 30.7 Å². The molecule has 2 aromatic heterocycles. The molecule has 3 atom stereocenters. The summed E-state index contributed by atoms with van der Waals surface area (Å²) in [4.78, 5) is 26.8. The molecular formula is C23H21Cl3N4O4S. The van der Waals surface area contributed by atoms with E-state index < -0.39 is 9.84 Å². The Labute approximate surface area is 218 Å². The second-order valence-corrected chi connectivity index (χ2v) is 11.5. The molecule has 0 N–H and O–H groups in total. The minimum atomic E-state index is -3.57. The van der Waals surface area contributed by atoms with Gasteiger partial charge in [0.15, 0.2) is 0 Å². The molecule has 1 aliphatic heterocycles. The van der Waals surface area contributed by atoms with Gasteiger partial charge >= 0.3 is 0 Å². The second-order valence-electron chi connectivity index (χ2n) is 8.32. The molecule has 1 saturated heterocycles. The van der Waals surface area contributed by atoms with E-state index in [2.05, 4.69) is 15.0 Å². The molecule has 1 amide bonds. The predicted molar refractivity (Wildman–Crippen MR) is 133 cm³/mol. The number of halogens is 3. The molecule has 0 aliphatic carbocycles. The third-order valence-electron chi connectivity index (χ3n) is 5.84. The van der Waals surface area contributed by atoms with Crippen LogP contribution >= 0.6 is 34.8 Å². The highest BCUT2D eigenvalue weighted by Crippen LogP contribution is 2.38. The van der Waals surface area contributed by atoms with E-state index in [1.807, 2.05) is 13.0 Å². The number of hydrogen-bond donors (Lipinski definition) is 0. The number of sulfone groups is 1. The lowest BCUT2D eigenvalue weighted by Crippen LogP contribution is -2.32. The Balaban J connectivity index is 1.60. The van der Waals surface area contributed by atoms with Crippen LogP contribution in [-0.4, -0.2) is 59.6 Å². The molecule has 8 nitrogen and oxygen atoms in total. The lowest BCUT2D eigenvalue weighted by molar-refractivity contribution is 0.0768. The van der Waals surface area contributed by atoms with E-state index in [1.165, 1.54) is 18.6 Å². The molecule has 12 heteroatoms. The first-order chi connectivity index (χ1) is 16.5. The number of aromatic nitrogens is 3. The molecule has 1 aromatic carbocycles. The maximum Gasteiger partial charge on any atom is 0.257 e. The fourth-order valence-corrected chi connectivity index (χ4v) is 4.98. The Morgan fingerprint density at radius 1 is 1.03 bits per heavy atom. The van der Waals surface area contributed by atoms with Gasteiger partial charge in [0.25, 0.3) is 5.91 Å². The number of benzene rings is 1. The minimum Gasteiger partial charge on any atom is -0.474 e. The number of ether oxygens (including phenoxy) is 1. The number of pyridine rings is 1. The fraction of sp³-hybridized carbons (Fsp3) is 0.304. The summed E-state index contributed by atoms with van der Waals surface area (Å²) in [5.41, 5.74) is 1.11. The number of nitrogens with zero attached hydrogens (tertiary/aromatic N) is 4. The first-order valence-corrected chi connectivity index (χ1v) is 13.6. The van der Waals surface area contributed by atoms with Crippen molar-refractivity contribution in [1.29, 1.82) is 0 Å². The van der Waals surface area contributed by atoms with Crippen LogP contribution in [0, 0.1) is 5.92 Å². The van der Waals surface area contributed by atoms with E-state index in [1.54, 1.807) is 29.2 Å². The first kappa shape index (κ1) is 25.6. The molecule has 1 unspecified atom stereocenters. The summed E-state index contributed by atoms with van der Waals surface area (Å²) in [6, 6.07) is 8.79. The Hall–Kier alpha value is -2.46. The summed E-state index contributed by atoms with van der Waals surface area (Å²) in [5, 5.41) is 1.03. The summed E-state index contributed by atoms with van der Waals surface area (Å²) in [7, 11) is -3.57. The fourth-order valence-electron chi connectivity index (χ4n) is 4.08. The Kier molecular flexibility index (Phi) is 7.51. The second kappa shape index (κ2) is 10.3. The van der Waals surface area contributed by atoms with Crippen LogP contribution in [-0.2, 0) is 9.84 Å². The standard InChI is InChI=1S/C23H21Cl3N4O4S/c1-13(34-21-6-4-16(24)10-27-21)17-11-30(12-18(17)14-3-5-19(25)20(26)7-14)22(31)15-8-28-23(29-9-15)35(2,32)33/h3-10,13,17-18H,11-12H2,1-2H3/t13-,17?,18+/m1/s1. The maximum absolute atomic E-state index is 13.3. The van der Waals surface area contributed by atoms with Crippen LogP contribution in [0.2, 0.25) is 15.1 Å². The number of rotatable bonds is 6. The zero-order chi connectivity index (χ0) is 25.3. The van der Waals surface area contributed by atoms with E-state index in [9.17, 15) is 13.2 Å². The molecule has 0 bridgehead atoms. The Morgan fingerprint density at radius 3 is 2.34 bits per heavy atom. The van der Waals surface area contributed by atoms with Crippen molar-refractivity contribution < 1.29 is 17.9 Å². The van der Waals surface area contributed by atoms with Gasteiger partial charge < -0.3 is 9.64 Å². The monoisotopic (exact) mass is 554 g/mol.